The fourth-order valence-electron chi connectivity index (χ4n) is 6.47. The smallest absolute Gasteiger partial charge is 0.0972 e. The summed E-state index contributed by atoms with van der Waals surface area (Å²) in [4.78, 5) is 15.3. The fourth-order valence-corrected chi connectivity index (χ4v) is 6.47. The van der Waals surface area contributed by atoms with E-state index in [1.165, 1.54) is 5.56 Å². The van der Waals surface area contributed by atoms with E-state index in [1.54, 1.807) is 0 Å². The molecule has 0 saturated heterocycles. The van der Waals surface area contributed by atoms with Gasteiger partial charge in [-0.2, -0.15) is 0 Å². The Morgan fingerprint density at radius 3 is 1.60 bits per heavy atom. The topological polar surface area (TPSA) is 64.7 Å². The summed E-state index contributed by atoms with van der Waals surface area (Å²) >= 11 is 0. The minimum atomic E-state index is 0.326. The number of nitrogens with zero attached hydrogens (tertiary/aromatic N) is 3. The van der Waals surface area contributed by atoms with Gasteiger partial charge in [0.25, 0.3) is 0 Å². The van der Waals surface area contributed by atoms with Crippen LogP contribution < -0.4 is 5.73 Å². The van der Waals surface area contributed by atoms with E-state index in [2.05, 4.69) is 146 Å². The van der Waals surface area contributed by atoms with Gasteiger partial charge in [-0.05, 0) is 41.8 Å². The Morgan fingerprint density at radius 2 is 1.00 bits per heavy atom. The first-order valence-corrected chi connectivity index (χ1v) is 16.4. The maximum absolute atomic E-state index is 6.77. The highest BCUT2D eigenvalue weighted by atomic mass is 14.8. The van der Waals surface area contributed by atoms with E-state index in [4.69, 9.17) is 20.7 Å². The SMILES string of the molecule is CCC(/C=C\c1ccc2ccc(-c3cccc(-c4ccc5ccc6ccc(-c7ccccc7)nc6c5n4)c3)nc2c1N)c1ccccc1. The lowest BCUT2D eigenvalue weighted by Crippen LogP contribution is -1.96. The maximum Gasteiger partial charge on any atom is 0.0972 e. The normalized spacial score (nSPS) is 12.3. The lowest BCUT2D eigenvalue weighted by molar-refractivity contribution is 0.808. The number of benzene rings is 5. The molecule has 0 aliphatic rings. The van der Waals surface area contributed by atoms with E-state index in [9.17, 15) is 0 Å². The van der Waals surface area contributed by atoms with Gasteiger partial charge in [0.15, 0.2) is 0 Å². The molecule has 48 heavy (non-hydrogen) atoms. The number of aromatic nitrogens is 3. The van der Waals surface area contributed by atoms with Gasteiger partial charge in [-0.1, -0.05) is 140 Å². The summed E-state index contributed by atoms with van der Waals surface area (Å²) < 4.78 is 0. The molecule has 3 heterocycles. The molecule has 230 valence electrons. The number of hydrogen-bond donors (Lipinski definition) is 1. The molecule has 0 spiro atoms. The summed E-state index contributed by atoms with van der Waals surface area (Å²) in [6, 6.07) is 50.3. The van der Waals surface area contributed by atoms with E-state index < -0.39 is 0 Å². The van der Waals surface area contributed by atoms with Gasteiger partial charge in [0.1, 0.15) is 0 Å². The van der Waals surface area contributed by atoms with Gasteiger partial charge >= 0.3 is 0 Å². The third-order valence-corrected chi connectivity index (χ3v) is 9.15. The third-order valence-electron chi connectivity index (χ3n) is 9.15. The first kappa shape index (κ1) is 29.3. The maximum atomic E-state index is 6.77. The minimum absolute atomic E-state index is 0.326. The van der Waals surface area contributed by atoms with E-state index in [0.717, 1.165) is 78.5 Å². The zero-order chi connectivity index (χ0) is 32.5. The molecule has 8 rings (SSSR count). The van der Waals surface area contributed by atoms with Crippen LogP contribution in [0.15, 0.2) is 152 Å². The number of rotatable bonds is 7. The van der Waals surface area contributed by atoms with Gasteiger partial charge in [0.2, 0.25) is 0 Å². The second-order valence-electron chi connectivity index (χ2n) is 12.2. The van der Waals surface area contributed by atoms with Crippen molar-refractivity contribution in [2.24, 2.45) is 0 Å². The van der Waals surface area contributed by atoms with Crippen molar-refractivity contribution in [1.82, 2.24) is 15.0 Å². The Morgan fingerprint density at radius 1 is 0.521 bits per heavy atom. The Labute approximate surface area is 280 Å². The highest BCUT2D eigenvalue weighted by Crippen LogP contribution is 2.32. The molecule has 4 nitrogen and oxygen atoms in total. The zero-order valence-electron chi connectivity index (χ0n) is 26.7. The van der Waals surface area contributed by atoms with E-state index in [-0.39, 0.29) is 0 Å². The van der Waals surface area contributed by atoms with Crippen molar-refractivity contribution in [3.63, 3.8) is 0 Å². The first-order valence-electron chi connectivity index (χ1n) is 16.4. The zero-order valence-corrected chi connectivity index (χ0v) is 26.7. The van der Waals surface area contributed by atoms with Crippen LogP contribution in [0, 0.1) is 0 Å². The monoisotopic (exact) mass is 618 g/mol. The molecule has 0 saturated carbocycles. The summed E-state index contributed by atoms with van der Waals surface area (Å²) in [6.07, 6.45) is 5.40. The van der Waals surface area contributed by atoms with Gasteiger partial charge < -0.3 is 5.73 Å². The molecule has 0 radical (unpaired) electrons. The van der Waals surface area contributed by atoms with Gasteiger partial charge in [-0.3, -0.25) is 0 Å². The Bertz CT molecular complexity index is 2450. The summed E-state index contributed by atoms with van der Waals surface area (Å²) in [5.41, 5.74) is 18.2. The van der Waals surface area contributed by atoms with Crippen LogP contribution in [0.1, 0.15) is 30.4 Å². The van der Waals surface area contributed by atoms with Crippen molar-refractivity contribution < 1.29 is 0 Å². The van der Waals surface area contributed by atoms with Crippen molar-refractivity contribution in [2.45, 2.75) is 19.3 Å². The molecule has 0 aliphatic carbocycles. The third kappa shape index (κ3) is 5.58. The van der Waals surface area contributed by atoms with Gasteiger partial charge in [0.05, 0.1) is 39.3 Å². The molecule has 2 N–H and O–H groups in total. The van der Waals surface area contributed by atoms with Gasteiger partial charge in [-0.25, -0.2) is 15.0 Å². The number of allylic oxidation sites excluding steroid dienone is 1. The Balaban J connectivity index is 1.15. The van der Waals surface area contributed by atoms with Crippen molar-refractivity contribution >= 4 is 44.5 Å². The first-order chi connectivity index (χ1) is 23.6. The van der Waals surface area contributed by atoms with E-state index in [0.29, 0.717) is 11.6 Å². The molecule has 3 aromatic heterocycles. The van der Waals surface area contributed by atoms with Crippen LogP contribution in [-0.2, 0) is 0 Å². The van der Waals surface area contributed by atoms with Crippen LogP contribution in [0.25, 0.3) is 72.6 Å². The number of fused-ring (bicyclic) bond motifs is 4. The summed E-state index contributed by atoms with van der Waals surface area (Å²) in [5, 5.41) is 3.15. The molecule has 8 aromatic rings. The molecule has 0 amide bonds. The molecule has 1 unspecified atom stereocenters. The van der Waals surface area contributed by atoms with Crippen molar-refractivity contribution in [2.75, 3.05) is 5.73 Å². The molecule has 5 aromatic carbocycles. The second-order valence-corrected chi connectivity index (χ2v) is 12.2. The molecular weight excluding hydrogens is 585 g/mol. The van der Waals surface area contributed by atoms with Crippen molar-refractivity contribution in [3.05, 3.63) is 163 Å². The fraction of sp³-hybridized carbons (Fsp3) is 0.0682. The van der Waals surface area contributed by atoms with Crippen molar-refractivity contribution in [3.8, 4) is 33.8 Å². The summed E-state index contributed by atoms with van der Waals surface area (Å²) in [6.45, 7) is 2.21. The average Bonchev–Trinajstić information content (AvgIpc) is 3.16. The van der Waals surface area contributed by atoms with Crippen LogP contribution in [0.4, 0.5) is 5.69 Å². The van der Waals surface area contributed by atoms with E-state index >= 15 is 0 Å². The molecular formula is C44H34N4. The average molecular weight is 619 g/mol. The molecule has 0 fully saturated rings. The molecule has 4 heteroatoms. The number of anilines is 1. The summed E-state index contributed by atoms with van der Waals surface area (Å²) in [5.74, 6) is 0.326. The van der Waals surface area contributed by atoms with Crippen LogP contribution in [0.3, 0.4) is 0 Å². The number of nitrogens with two attached hydrogens (primary N) is 1. The highest BCUT2D eigenvalue weighted by molar-refractivity contribution is 6.04. The van der Waals surface area contributed by atoms with E-state index in [1.807, 2.05) is 18.2 Å². The quantitative estimate of drug-likeness (QED) is 0.143. The Hall–Kier alpha value is -6.13. The largest absolute Gasteiger partial charge is 0.396 e. The van der Waals surface area contributed by atoms with Gasteiger partial charge in [-0.15, -0.1) is 0 Å². The predicted molar refractivity (Wildman–Crippen MR) is 202 cm³/mol. The summed E-state index contributed by atoms with van der Waals surface area (Å²) in [7, 11) is 0. The molecule has 1 atom stereocenters. The molecule has 0 bridgehead atoms. The van der Waals surface area contributed by atoms with Gasteiger partial charge in [0, 0.05) is 38.8 Å². The van der Waals surface area contributed by atoms with Crippen LogP contribution in [-0.4, -0.2) is 15.0 Å². The number of pyridine rings is 3. The van der Waals surface area contributed by atoms with Crippen LogP contribution in [0.2, 0.25) is 0 Å². The van der Waals surface area contributed by atoms with Crippen LogP contribution >= 0.6 is 0 Å². The van der Waals surface area contributed by atoms with Crippen LogP contribution in [0.5, 0.6) is 0 Å². The highest BCUT2D eigenvalue weighted by Gasteiger charge is 2.12. The lowest BCUT2D eigenvalue weighted by Gasteiger charge is -2.12. The standard InChI is InChI=1S/C44H34N4/c1-2-29(30-10-5-3-6-11-30)16-17-32-18-19-33-22-26-39(46-42(33)41(32)45)36-14-9-15-37(28-36)40-27-24-35-21-20-34-23-25-38(31-12-7-4-8-13-31)47-43(34)44(35)48-40/h3-29H,2,45H2,1H3/b17-16-. The Kier molecular flexibility index (Phi) is 7.67. The number of nitrogen functional groups attached to an aromatic ring is 1. The minimum Gasteiger partial charge on any atom is -0.396 e. The lowest BCUT2D eigenvalue weighted by atomic mass is 9.95. The predicted octanol–water partition coefficient (Wildman–Crippen LogP) is 11.1. The van der Waals surface area contributed by atoms with Crippen molar-refractivity contribution in [1.29, 1.82) is 0 Å². The number of hydrogen-bond acceptors (Lipinski definition) is 4. The molecule has 0 aliphatic heterocycles. The second kappa shape index (κ2) is 12.6.